The standard InChI is InChI=1S/C19H13N5O2S/c1-11-14(21-16(25-11)12-6-3-2-4-7-12)10-15-23-17(26-24-15)19-22-13-8-5-9-20-18(13)27-19/h2-9H,10H2,1H3. The van der Waals surface area contributed by atoms with Crippen LogP contribution in [0.5, 0.6) is 0 Å². The summed E-state index contributed by atoms with van der Waals surface area (Å²) < 4.78 is 11.2. The zero-order chi connectivity index (χ0) is 18.2. The lowest BCUT2D eigenvalue weighted by Gasteiger charge is -1.92. The predicted octanol–water partition coefficient (Wildman–Crippen LogP) is 4.30. The monoisotopic (exact) mass is 375 g/mol. The zero-order valence-corrected chi connectivity index (χ0v) is 15.1. The smallest absolute Gasteiger partial charge is 0.287 e. The summed E-state index contributed by atoms with van der Waals surface area (Å²) in [4.78, 5) is 18.7. The Bertz CT molecular complexity index is 1190. The molecule has 0 amide bonds. The molecule has 4 heterocycles. The van der Waals surface area contributed by atoms with Gasteiger partial charge in [0, 0.05) is 11.8 Å². The number of pyridine rings is 1. The minimum absolute atomic E-state index is 0.387. The summed E-state index contributed by atoms with van der Waals surface area (Å²) in [6.45, 7) is 1.88. The molecule has 0 bridgehead atoms. The van der Waals surface area contributed by atoms with Crippen molar-refractivity contribution < 1.29 is 8.94 Å². The molecule has 1 aromatic carbocycles. The van der Waals surface area contributed by atoms with Crippen molar-refractivity contribution in [1.29, 1.82) is 0 Å². The lowest BCUT2D eigenvalue weighted by molar-refractivity contribution is 0.423. The van der Waals surface area contributed by atoms with Gasteiger partial charge in [-0.25, -0.2) is 15.0 Å². The number of benzene rings is 1. The van der Waals surface area contributed by atoms with Gasteiger partial charge >= 0.3 is 0 Å². The third kappa shape index (κ3) is 3.00. The molecule has 0 N–H and O–H groups in total. The Morgan fingerprint density at radius 2 is 1.85 bits per heavy atom. The first-order valence-electron chi connectivity index (χ1n) is 8.32. The second kappa shape index (κ2) is 6.40. The summed E-state index contributed by atoms with van der Waals surface area (Å²) in [6, 6.07) is 13.5. The van der Waals surface area contributed by atoms with E-state index in [1.165, 1.54) is 11.3 Å². The molecule has 0 aliphatic carbocycles. The molecule has 132 valence electrons. The van der Waals surface area contributed by atoms with Gasteiger partial charge < -0.3 is 8.94 Å². The molecule has 0 unspecified atom stereocenters. The topological polar surface area (TPSA) is 90.7 Å². The van der Waals surface area contributed by atoms with E-state index in [0.717, 1.165) is 27.4 Å². The second-order valence-electron chi connectivity index (χ2n) is 5.93. The van der Waals surface area contributed by atoms with Crippen LogP contribution in [0.1, 0.15) is 17.3 Å². The van der Waals surface area contributed by atoms with Gasteiger partial charge in [0.2, 0.25) is 5.89 Å². The van der Waals surface area contributed by atoms with Crippen LogP contribution in [0, 0.1) is 6.92 Å². The predicted molar refractivity (Wildman–Crippen MR) is 100 cm³/mol. The maximum Gasteiger partial charge on any atom is 0.287 e. The van der Waals surface area contributed by atoms with Crippen molar-refractivity contribution in [1.82, 2.24) is 25.1 Å². The van der Waals surface area contributed by atoms with Gasteiger partial charge in [0.05, 0.1) is 12.1 Å². The van der Waals surface area contributed by atoms with Gasteiger partial charge in [0.1, 0.15) is 16.1 Å². The first kappa shape index (κ1) is 15.8. The van der Waals surface area contributed by atoms with Crippen LogP contribution >= 0.6 is 11.3 Å². The quantitative estimate of drug-likeness (QED) is 0.462. The van der Waals surface area contributed by atoms with Crippen LogP contribution in [0.4, 0.5) is 0 Å². The molecule has 0 atom stereocenters. The summed E-state index contributed by atoms with van der Waals surface area (Å²) in [7, 11) is 0. The van der Waals surface area contributed by atoms with E-state index in [1.54, 1.807) is 6.20 Å². The molecule has 7 nitrogen and oxygen atoms in total. The second-order valence-corrected chi connectivity index (χ2v) is 6.90. The highest BCUT2D eigenvalue weighted by molar-refractivity contribution is 7.21. The van der Waals surface area contributed by atoms with Crippen LogP contribution < -0.4 is 0 Å². The summed E-state index contributed by atoms with van der Waals surface area (Å²) in [5, 5.41) is 4.72. The highest BCUT2D eigenvalue weighted by Crippen LogP contribution is 2.28. The number of hydrogen-bond acceptors (Lipinski definition) is 8. The van der Waals surface area contributed by atoms with Crippen molar-refractivity contribution in [3.8, 4) is 22.4 Å². The number of oxazole rings is 1. The highest BCUT2D eigenvalue weighted by atomic mass is 32.1. The first-order chi connectivity index (χ1) is 13.3. The maximum atomic E-state index is 5.79. The molecule has 0 fully saturated rings. The summed E-state index contributed by atoms with van der Waals surface area (Å²) in [6.07, 6.45) is 2.16. The Kier molecular flexibility index (Phi) is 3.75. The van der Waals surface area contributed by atoms with Crippen LogP contribution in [0.15, 0.2) is 57.6 Å². The van der Waals surface area contributed by atoms with Crippen molar-refractivity contribution in [3.05, 3.63) is 65.9 Å². The van der Waals surface area contributed by atoms with Crippen LogP contribution in [0.3, 0.4) is 0 Å². The average molecular weight is 375 g/mol. The first-order valence-corrected chi connectivity index (χ1v) is 9.14. The molecule has 0 radical (unpaired) electrons. The van der Waals surface area contributed by atoms with Gasteiger partial charge in [0.25, 0.3) is 5.89 Å². The van der Waals surface area contributed by atoms with Gasteiger partial charge in [-0.05, 0) is 31.2 Å². The highest BCUT2D eigenvalue weighted by Gasteiger charge is 2.18. The molecular formula is C19H13N5O2S. The zero-order valence-electron chi connectivity index (χ0n) is 14.3. The van der Waals surface area contributed by atoms with Crippen LogP contribution in [0.2, 0.25) is 0 Å². The Balaban J connectivity index is 1.42. The van der Waals surface area contributed by atoms with Gasteiger partial charge in [-0.15, -0.1) is 0 Å². The molecule has 0 spiro atoms. The van der Waals surface area contributed by atoms with E-state index >= 15 is 0 Å². The summed E-state index contributed by atoms with van der Waals surface area (Å²) in [5.41, 5.74) is 2.53. The van der Waals surface area contributed by atoms with E-state index in [2.05, 4.69) is 25.1 Å². The molecular weight excluding hydrogens is 362 g/mol. The molecule has 27 heavy (non-hydrogen) atoms. The van der Waals surface area contributed by atoms with Crippen molar-refractivity contribution in [2.75, 3.05) is 0 Å². The van der Waals surface area contributed by atoms with E-state index in [4.69, 9.17) is 8.94 Å². The molecule has 0 saturated heterocycles. The van der Waals surface area contributed by atoms with E-state index in [-0.39, 0.29) is 0 Å². The molecule has 4 aromatic heterocycles. The third-order valence-electron chi connectivity index (χ3n) is 4.06. The van der Waals surface area contributed by atoms with Gasteiger partial charge in [-0.2, -0.15) is 4.98 Å². The lowest BCUT2D eigenvalue weighted by Crippen LogP contribution is -1.93. The average Bonchev–Trinajstić information content (AvgIpc) is 3.41. The SMILES string of the molecule is Cc1oc(-c2ccccc2)nc1Cc1noc(-c2nc3cccnc3s2)n1. The fourth-order valence-electron chi connectivity index (χ4n) is 2.72. The van der Waals surface area contributed by atoms with E-state index < -0.39 is 0 Å². The van der Waals surface area contributed by atoms with E-state index in [9.17, 15) is 0 Å². The number of rotatable bonds is 4. The van der Waals surface area contributed by atoms with E-state index in [0.29, 0.717) is 29.0 Å². The van der Waals surface area contributed by atoms with Crippen molar-refractivity contribution in [2.45, 2.75) is 13.3 Å². The Hall–Kier alpha value is -3.39. The number of aromatic nitrogens is 5. The maximum absolute atomic E-state index is 5.79. The van der Waals surface area contributed by atoms with Crippen LogP contribution in [-0.2, 0) is 6.42 Å². The molecule has 5 rings (SSSR count). The molecule has 0 saturated carbocycles. The largest absolute Gasteiger partial charge is 0.441 e. The Labute approximate surface area is 157 Å². The molecule has 0 aliphatic heterocycles. The minimum Gasteiger partial charge on any atom is -0.441 e. The molecule has 5 aromatic rings. The van der Waals surface area contributed by atoms with Crippen LogP contribution in [0.25, 0.3) is 32.7 Å². The van der Waals surface area contributed by atoms with Crippen molar-refractivity contribution in [3.63, 3.8) is 0 Å². The van der Waals surface area contributed by atoms with Gasteiger partial charge in [-0.3, -0.25) is 0 Å². The van der Waals surface area contributed by atoms with Gasteiger partial charge in [0.15, 0.2) is 10.8 Å². The van der Waals surface area contributed by atoms with Crippen LogP contribution in [-0.4, -0.2) is 25.1 Å². The fourth-order valence-corrected chi connectivity index (χ4v) is 3.55. The fraction of sp³-hybridized carbons (Fsp3) is 0.105. The number of fused-ring (bicyclic) bond motifs is 1. The Morgan fingerprint density at radius 1 is 0.963 bits per heavy atom. The number of aryl methyl sites for hydroxylation is 1. The minimum atomic E-state index is 0.387. The number of hydrogen-bond donors (Lipinski definition) is 0. The molecule has 0 aliphatic rings. The normalized spacial score (nSPS) is 11.3. The van der Waals surface area contributed by atoms with Crippen molar-refractivity contribution >= 4 is 21.7 Å². The number of nitrogens with zero attached hydrogens (tertiary/aromatic N) is 5. The number of thiazole rings is 1. The lowest BCUT2D eigenvalue weighted by atomic mass is 10.2. The molecule has 8 heteroatoms. The van der Waals surface area contributed by atoms with E-state index in [1.807, 2.05) is 49.4 Å². The van der Waals surface area contributed by atoms with Crippen molar-refractivity contribution in [2.24, 2.45) is 0 Å². The summed E-state index contributed by atoms with van der Waals surface area (Å²) in [5.74, 6) is 2.25. The Morgan fingerprint density at radius 3 is 2.70 bits per heavy atom. The summed E-state index contributed by atoms with van der Waals surface area (Å²) >= 11 is 1.42. The third-order valence-corrected chi connectivity index (χ3v) is 5.02. The van der Waals surface area contributed by atoms with Gasteiger partial charge in [-0.1, -0.05) is 34.7 Å².